The van der Waals surface area contributed by atoms with Gasteiger partial charge in [-0.25, -0.2) is 14.4 Å². The Balaban J connectivity index is 1.45. The van der Waals surface area contributed by atoms with Gasteiger partial charge in [0.05, 0.1) is 22.5 Å². The molecule has 1 aromatic heterocycles. The highest BCUT2D eigenvalue weighted by atomic mass is 19.4. The van der Waals surface area contributed by atoms with Crippen LogP contribution in [0.4, 0.5) is 34.9 Å². The Kier molecular flexibility index (Phi) is 8.30. The van der Waals surface area contributed by atoms with E-state index in [1.165, 1.54) is 30.9 Å². The Labute approximate surface area is 236 Å². The van der Waals surface area contributed by atoms with E-state index in [9.17, 15) is 18.0 Å². The number of piperazine rings is 1. The van der Waals surface area contributed by atoms with Crippen LogP contribution < -0.4 is 20.9 Å². The largest absolute Gasteiger partial charge is 0.417 e. The van der Waals surface area contributed by atoms with E-state index in [-0.39, 0.29) is 16.9 Å². The van der Waals surface area contributed by atoms with Crippen LogP contribution in [0.25, 0.3) is 11.1 Å². The molecule has 0 spiro atoms. The van der Waals surface area contributed by atoms with Crippen LogP contribution in [0.5, 0.6) is 0 Å². The van der Waals surface area contributed by atoms with Crippen LogP contribution in [0.3, 0.4) is 0 Å². The molecule has 1 saturated heterocycles. The molecule has 0 radical (unpaired) electrons. The molecule has 12 heteroatoms. The number of hydrogen-bond acceptors (Lipinski definition) is 7. The van der Waals surface area contributed by atoms with Crippen molar-refractivity contribution >= 4 is 23.2 Å². The number of halogens is 4. The third-order valence-electron chi connectivity index (χ3n) is 7.64. The molecule has 5 rings (SSSR count). The highest BCUT2D eigenvalue weighted by Gasteiger charge is 2.40. The van der Waals surface area contributed by atoms with Gasteiger partial charge in [-0.05, 0) is 38.1 Å². The number of nitrogens with one attached hydrogen (secondary N) is 3. The molecule has 1 aromatic carbocycles. The fourth-order valence-electron chi connectivity index (χ4n) is 5.31. The first-order valence-corrected chi connectivity index (χ1v) is 13.7. The summed E-state index contributed by atoms with van der Waals surface area (Å²) in [4.78, 5) is 26.0. The molecule has 218 valence electrons. The molecular formula is C29H33F4N7O. The van der Waals surface area contributed by atoms with Crippen molar-refractivity contribution in [1.82, 2.24) is 20.2 Å². The molecule has 1 aliphatic carbocycles. The first-order chi connectivity index (χ1) is 19.6. The number of aromatic nitrogens is 2. The summed E-state index contributed by atoms with van der Waals surface area (Å²) < 4.78 is 56.8. The molecule has 3 aliphatic rings. The average molecular weight is 572 g/mol. The van der Waals surface area contributed by atoms with Gasteiger partial charge >= 0.3 is 6.18 Å². The third kappa shape index (κ3) is 6.70. The minimum absolute atomic E-state index is 0.0116. The number of allylic oxidation sites excluding steroid dienone is 1. The van der Waals surface area contributed by atoms with Crippen molar-refractivity contribution in [3.8, 4) is 11.1 Å². The van der Waals surface area contributed by atoms with Crippen LogP contribution in [-0.4, -0.2) is 66.2 Å². The molecule has 2 aliphatic heterocycles. The normalized spacial score (nSPS) is 18.9. The van der Waals surface area contributed by atoms with E-state index >= 15 is 4.39 Å². The predicted molar refractivity (Wildman–Crippen MR) is 151 cm³/mol. The van der Waals surface area contributed by atoms with E-state index in [1.54, 1.807) is 0 Å². The minimum atomic E-state index is -4.77. The third-order valence-corrected chi connectivity index (χ3v) is 7.64. The lowest BCUT2D eigenvalue weighted by Gasteiger charge is -2.35. The topological polar surface area (TPSA) is 85.4 Å². The van der Waals surface area contributed by atoms with Gasteiger partial charge in [-0.1, -0.05) is 25.8 Å². The van der Waals surface area contributed by atoms with Gasteiger partial charge in [0.2, 0.25) is 5.95 Å². The van der Waals surface area contributed by atoms with Crippen molar-refractivity contribution in [1.29, 1.82) is 0 Å². The molecule has 0 unspecified atom stereocenters. The maximum Gasteiger partial charge on any atom is 0.417 e. The lowest BCUT2D eigenvalue weighted by molar-refractivity contribution is -0.115. The standard InChI is InChI=1S/C29H33F4N7O/c1-18-12-23(29(31,32)33)22(17-34-18)27(41)38-25-13-21(24(30)14-26(25)40-10-8-39(2)9-11-40)19-15-35-28(36-16-19)37-20-6-4-3-5-7-20/h12-17,20,34H,1,3-11H2,2H3,(H,38,41)(H,35,36,37). The van der Waals surface area contributed by atoms with Crippen molar-refractivity contribution in [3.63, 3.8) is 0 Å². The molecule has 3 N–H and O–H groups in total. The monoisotopic (exact) mass is 571 g/mol. The SMILES string of the molecule is C=C1C=C(C(F)(F)F)C(C(=O)Nc2cc(-c3cnc(NC4CCCCC4)nc3)c(F)cc2N2CCN(C)CC2)=CN1. The number of dihydropyridines is 1. The van der Waals surface area contributed by atoms with Gasteiger partial charge in [0.1, 0.15) is 5.82 Å². The zero-order valence-electron chi connectivity index (χ0n) is 22.8. The molecular weight excluding hydrogens is 538 g/mol. The summed E-state index contributed by atoms with van der Waals surface area (Å²) in [5.74, 6) is -1.09. The number of amides is 1. The molecule has 3 heterocycles. The summed E-state index contributed by atoms with van der Waals surface area (Å²) in [5, 5.41) is 8.51. The lowest BCUT2D eigenvalue weighted by Crippen LogP contribution is -2.44. The maximum absolute atomic E-state index is 15.6. The Hall–Kier alpha value is -3.93. The van der Waals surface area contributed by atoms with E-state index in [2.05, 4.69) is 37.4 Å². The zero-order chi connectivity index (χ0) is 29.1. The Morgan fingerprint density at radius 3 is 2.41 bits per heavy atom. The second-order valence-electron chi connectivity index (χ2n) is 10.7. The molecule has 41 heavy (non-hydrogen) atoms. The number of rotatable bonds is 6. The second kappa shape index (κ2) is 11.9. The van der Waals surface area contributed by atoms with Gasteiger partial charge in [0.25, 0.3) is 5.91 Å². The fourth-order valence-corrected chi connectivity index (χ4v) is 5.31. The number of nitrogens with zero attached hydrogens (tertiary/aromatic N) is 4. The summed E-state index contributed by atoms with van der Waals surface area (Å²) in [5.41, 5.74) is -0.626. The summed E-state index contributed by atoms with van der Waals surface area (Å²) in [6, 6.07) is 3.04. The molecule has 1 amide bonds. The second-order valence-corrected chi connectivity index (χ2v) is 10.7. The lowest BCUT2D eigenvalue weighted by atomic mass is 9.96. The van der Waals surface area contributed by atoms with E-state index in [0.29, 0.717) is 49.4 Å². The van der Waals surface area contributed by atoms with Gasteiger partial charge in [-0.3, -0.25) is 4.79 Å². The summed E-state index contributed by atoms with van der Waals surface area (Å²) in [6.45, 7) is 6.02. The number of anilines is 3. The summed E-state index contributed by atoms with van der Waals surface area (Å²) in [7, 11) is 1.97. The van der Waals surface area contributed by atoms with E-state index < -0.39 is 29.0 Å². The van der Waals surface area contributed by atoms with Crippen molar-refractivity contribution in [2.75, 3.05) is 48.8 Å². The fraction of sp³-hybridized carbons (Fsp3) is 0.414. The predicted octanol–water partition coefficient (Wildman–Crippen LogP) is 5.21. The van der Waals surface area contributed by atoms with E-state index in [4.69, 9.17) is 0 Å². The molecule has 8 nitrogen and oxygen atoms in total. The molecule has 2 aromatic rings. The first kappa shape index (κ1) is 28.6. The number of likely N-dealkylation sites (N-methyl/N-ethyl adjacent to an activating group) is 1. The van der Waals surface area contributed by atoms with Crippen LogP contribution in [0, 0.1) is 5.82 Å². The Bertz CT molecular complexity index is 1360. The highest BCUT2D eigenvalue weighted by molar-refractivity contribution is 6.09. The molecule has 2 fully saturated rings. The number of benzene rings is 1. The van der Waals surface area contributed by atoms with Gasteiger partial charge < -0.3 is 25.8 Å². The summed E-state index contributed by atoms with van der Waals surface area (Å²) >= 11 is 0. The van der Waals surface area contributed by atoms with Gasteiger partial charge in [0.15, 0.2) is 0 Å². The number of carbonyl (C=O) groups is 1. The molecule has 1 saturated carbocycles. The van der Waals surface area contributed by atoms with Crippen LogP contribution in [0.15, 0.2) is 60.2 Å². The average Bonchev–Trinajstić information content (AvgIpc) is 2.95. The Morgan fingerprint density at radius 1 is 1.07 bits per heavy atom. The maximum atomic E-state index is 15.6. The molecule has 0 atom stereocenters. The van der Waals surface area contributed by atoms with Crippen LogP contribution in [0.1, 0.15) is 32.1 Å². The number of alkyl halides is 3. The van der Waals surface area contributed by atoms with Crippen molar-refractivity contribution < 1.29 is 22.4 Å². The van der Waals surface area contributed by atoms with Gasteiger partial charge in [0, 0.05) is 67.6 Å². The smallest absolute Gasteiger partial charge is 0.367 e. The number of carbonyl (C=O) groups excluding carboxylic acids is 1. The molecule has 0 bridgehead atoms. The number of hydrogen-bond donors (Lipinski definition) is 3. The van der Waals surface area contributed by atoms with Crippen LogP contribution in [-0.2, 0) is 4.79 Å². The van der Waals surface area contributed by atoms with E-state index in [0.717, 1.165) is 38.0 Å². The Morgan fingerprint density at radius 2 is 1.76 bits per heavy atom. The zero-order valence-corrected chi connectivity index (χ0v) is 22.8. The van der Waals surface area contributed by atoms with Crippen LogP contribution in [0.2, 0.25) is 0 Å². The van der Waals surface area contributed by atoms with Gasteiger partial charge in [-0.2, -0.15) is 13.2 Å². The quantitative estimate of drug-likeness (QED) is 0.411. The summed E-state index contributed by atoms with van der Waals surface area (Å²) in [6.07, 6.45) is 5.60. The highest BCUT2D eigenvalue weighted by Crippen LogP contribution is 2.37. The van der Waals surface area contributed by atoms with Gasteiger partial charge in [-0.15, -0.1) is 0 Å². The minimum Gasteiger partial charge on any atom is -0.367 e. The van der Waals surface area contributed by atoms with Crippen molar-refractivity contribution in [2.24, 2.45) is 0 Å². The van der Waals surface area contributed by atoms with E-state index in [1.807, 2.05) is 11.9 Å². The first-order valence-electron chi connectivity index (χ1n) is 13.7. The van der Waals surface area contributed by atoms with Crippen LogP contribution >= 0.6 is 0 Å². The van der Waals surface area contributed by atoms with Crippen molar-refractivity contribution in [3.05, 3.63) is 66.0 Å². The van der Waals surface area contributed by atoms with Crippen molar-refractivity contribution in [2.45, 2.75) is 44.3 Å².